The normalized spacial score (nSPS) is 10.0. The molecule has 1 aromatic carbocycles. The minimum atomic E-state index is -0.199. The first kappa shape index (κ1) is 11.8. The summed E-state index contributed by atoms with van der Waals surface area (Å²) in [5.41, 5.74) is 2.04. The average molecular weight is 291 g/mol. The van der Waals surface area contributed by atoms with Crippen molar-refractivity contribution in [2.75, 3.05) is 5.32 Å². The van der Waals surface area contributed by atoms with Crippen LogP contribution in [0.1, 0.15) is 16.1 Å². The lowest BCUT2D eigenvalue weighted by Crippen LogP contribution is -2.15. The minimum absolute atomic E-state index is 0.199. The van der Waals surface area contributed by atoms with Crippen LogP contribution in [0.2, 0.25) is 0 Å². The molecule has 17 heavy (non-hydrogen) atoms. The summed E-state index contributed by atoms with van der Waals surface area (Å²) < 4.78 is 0.849. The van der Waals surface area contributed by atoms with Gasteiger partial charge in [0.1, 0.15) is 5.69 Å². The summed E-state index contributed by atoms with van der Waals surface area (Å²) in [6.45, 7) is 1.86. The zero-order valence-electron chi connectivity index (χ0n) is 9.27. The molecule has 1 heterocycles. The van der Waals surface area contributed by atoms with Crippen molar-refractivity contribution >= 4 is 27.5 Å². The number of carbonyl (C=O) groups excluding carboxylic acids is 1. The van der Waals surface area contributed by atoms with Gasteiger partial charge in [-0.25, -0.2) is 0 Å². The summed E-state index contributed by atoms with van der Waals surface area (Å²) in [6.07, 6.45) is 1.61. The maximum absolute atomic E-state index is 12.0. The van der Waals surface area contributed by atoms with Gasteiger partial charge < -0.3 is 5.32 Å². The Morgan fingerprint density at radius 3 is 2.71 bits per heavy atom. The lowest BCUT2D eigenvalue weighted by Gasteiger charge is -2.07. The fourth-order valence-electron chi connectivity index (χ4n) is 1.47. The first-order chi connectivity index (χ1) is 8.18. The third-order valence-corrected chi connectivity index (χ3v) is 3.04. The fraction of sp³-hybridized carbons (Fsp3) is 0.0769. The van der Waals surface area contributed by atoms with E-state index in [1.54, 1.807) is 6.20 Å². The molecule has 0 atom stereocenters. The second-order valence-corrected chi connectivity index (χ2v) is 4.46. The van der Waals surface area contributed by atoms with E-state index in [1.165, 1.54) is 0 Å². The van der Waals surface area contributed by atoms with Gasteiger partial charge in [-0.2, -0.15) is 0 Å². The van der Waals surface area contributed by atoms with E-state index in [4.69, 9.17) is 0 Å². The summed E-state index contributed by atoms with van der Waals surface area (Å²) in [6, 6.07) is 11.1. The monoisotopic (exact) mass is 290 g/mol. The molecule has 0 spiro atoms. The number of hydrogen-bond donors (Lipinski definition) is 1. The zero-order valence-corrected chi connectivity index (χ0v) is 10.9. The number of halogens is 1. The quantitative estimate of drug-likeness (QED) is 0.921. The Hall–Kier alpha value is -1.68. The molecule has 0 aliphatic heterocycles. The molecule has 0 bridgehead atoms. The number of nitrogens with zero attached hydrogens (tertiary/aromatic N) is 1. The van der Waals surface area contributed by atoms with Crippen molar-refractivity contribution in [1.82, 2.24) is 4.98 Å². The third kappa shape index (κ3) is 2.71. The number of carbonyl (C=O) groups is 1. The predicted octanol–water partition coefficient (Wildman–Crippen LogP) is 3.40. The van der Waals surface area contributed by atoms with E-state index < -0.39 is 0 Å². The molecule has 0 aliphatic carbocycles. The van der Waals surface area contributed by atoms with Crippen LogP contribution in [0.5, 0.6) is 0 Å². The van der Waals surface area contributed by atoms with Gasteiger partial charge in [0, 0.05) is 10.7 Å². The molecular weight excluding hydrogens is 280 g/mol. The SMILES string of the molecule is Cc1cccnc1C(=O)Nc1ccccc1Br. The molecular formula is C13H11BrN2O. The molecule has 1 N–H and O–H groups in total. The van der Waals surface area contributed by atoms with E-state index in [2.05, 4.69) is 26.2 Å². The first-order valence-electron chi connectivity index (χ1n) is 5.16. The third-order valence-electron chi connectivity index (χ3n) is 2.35. The van der Waals surface area contributed by atoms with E-state index in [-0.39, 0.29) is 5.91 Å². The molecule has 1 amide bonds. The first-order valence-corrected chi connectivity index (χ1v) is 5.95. The van der Waals surface area contributed by atoms with Gasteiger partial charge in [-0.05, 0) is 46.6 Å². The van der Waals surface area contributed by atoms with Crippen molar-refractivity contribution < 1.29 is 4.79 Å². The number of pyridine rings is 1. The predicted molar refractivity (Wildman–Crippen MR) is 71.1 cm³/mol. The number of hydrogen-bond acceptors (Lipinski definition) is 2. The second kappa shape index (κ2) is 5.10. The van der Waals surface area contributed by atoms with Gasteiger partial charge in [0.25, 0.3) is 5.91 Å². The van der Waals surface area contributed by atoms with Crippen molar-refractivity contribution in [2.24, 2.45) is 0 Å². The minimum Gasteiger partial charge on any atom is -0.320 e. The van der Waals surface area contributed by atoms with Crippen molar-refractivity contribution in [1.29, 1.82) is 0 Å². The molecule has 0 radical (unpaired) electrons. The topological polar surface area (TPSA) is 42.0 Å². The van der Waals surface area contributed by atoms with Gasteiger partial charge in [0.2, 0.25) is 0 Å². The van der Waals surface area contributed by atoms with E-state index in [0.717, 1.165) is 15.7 Å². The van der Waals surface area contributed by atoms with Gasteiger partial charge in [-0.1, -0.05) is 18.2 Å². The van der Waals surface area contributed by atoms with E-state index >= 15 is 0 Å². The Kier molecular flexibility index (Phi) is 3.54. The van der Waals surface area contributed by atoms with Gasteiger partial charge >= 0.3 is 0 Å². The highest BCUT2D eigenvalue weighted by Gasteiger charge is 2.11. The van der Waals surface area contributed by atoms with Gasteiger partial charge in [0.05, 0.1) is 5.69 Å². The van der Waals surface area contributed by atoms with Crippen molar-refractivity contribution in [3.8, 4) is 0 Å². The molecule has 0 saturated heterocycles. The van der Waals surface area contributed by atoms with Crippen LogP contribution in [0, 0.1) is 6.92 Å². The maximum atomic E-state index is 12.0. The molecule has 0 fully saturated rings. The van der Waals surface area contributed by atoms with Crippen LogP contribution < -0.4 is 5.32 Å². The average Bonchev–Trinajstić information content (AvgIpc) is 2.32. The number of aryl methyl sites for hydroxylation is 1. The van der Waals surface area contributed by atoms with Gasteiger partial charge in [0.15, 0.2) is 0 Å². The van der Waals surface area contributed by atoms with Crippen molar-refractivity contribution in [2.45, 2.75) is 6.92 Å². The molecule has 4 heteroatoms. The van der Waals surface area contributed by atoms with E-state index in [9.17, 15) is 4.79 Å². The molecule has 0 unspecified atom stereocenters. The zero-order chi connectivity index (χ0) is 12.3. The van der Waals surface area contributed by atoms with Crippen LogP contribution in [0.4, 0.5) is 5.69 Å². The number of benzene rings is 1. The number of anilines is 1. The Balaban J connectivity index is 2.24. The Morgan fingerprint density at radius 2 is 2.00 bits per heavy atom. The van der Waals surface area contributed by atoms with Crippen LogP contribution in [-0.4, -0.2) is 10.9 Å². The largest absolute Gasteiger partial charge is 0.320 e. The molecule has 2 aromatic rings. The smallest absolute Gasteiger partial charge is 0.274 e. The number of aromatic nitrogens is 1. The van der Waals surface area contributed by atoms with Crippen molar-refractivity contribution in [3.05, 3.63) is 58.3 Å². The molecule has 0 saturated carbocycles. The highest BCUT2D eigenvalue weighted by Crippen LogP contribution is 2.21. The number of rotatable bonds is 2. The molecule has 2 rings (SSSR count). The number of nitrogens with one attached hydrogen (secondary N) is 1. The van der Waals surface area contributed by atoms with Crippen molar-refractivity contribution in [3.63, 3.8) is 0 Å². The fourth-order valence-corrected chi connectivity index (χ4v) is 1.85. The van der Waals surface area contributed by atoms with E-state index in [1.807, 2.05) is 43.3 Å². The Bertz CT molecular complexity index is 555. The van der Waals surface area contributed by atoms with Gasteiger partial charge in [-0.3, -0.25) is 9.78 Å². The number of amides is 1. The highest BCUT2D eigenvalue weighted by molar-refractivity contribution is 9.10. The lowest BCUT2D eigenvalue weighted by atomic mass is 10.2. The van der Waals surface area contributed by atoms with Gasteiger partial charge in [-0.15, -0.1) is 0 Å². The van der Waals surface area contributed by atoms with Crippen LogP contribution in [-0.2, 0) is 0 Å². The molecule has 0 aliphatic rings. The Labute approximate surface area is 108 Å². The molecule has 3 nitrogen and oxygen atoms in total. The summed E-state index contributed by atoms with van der Waals surface area (Å²) in [7, 11) is 0. The lowest BCUT2D eigenvalue weighted by molar-refractivity contribution is 0.102. The molecule has 1 aromatic heterocycles. The highest BCUT2D eigenvalue weighted by atomic mass is 79.9. The van der Waals surface area contributed by atoms with E-state index in [0.29, 0.717) is 5.69 Å². The standard InChI is InChI=1S/C13H11BrN2O/c1-9-5-4-8-15-12(9)13(17)16-11-7-3-2-6-10(11)14/h2-8H,1H3,(H,16,17). The van der Waals surface area contributed by atoms with Crippen LogP contribution >= 0.6 is 15.9 Å². The van der Waals surface area contributed by atoms with Crippen LogP contribution in [0.3, 0.4) is 0 Å². The summed E-state index contributed by atoms with van der Waals surface area (Å²) >= 11 is 3.38. The second-order valence-electron chi connectivity index (χ2n) is 3.60. The maximum Gasteiger partial charge on any atom is 0.274 e. The number of para-hydroxylation sites is 1. The summed E-state index contributed by atoms with van der Waals surface area (Å²) in [4.78, 5) is 16.1. The summed E-state index contributed by atoms with van der Waals surface area (Å²) in [5, 5.41) is 2.82. The molecule has 86 valence electrons. The Morgan fingerprint density at radius 1 is 1.24 bits per heavy atom. The summed E-state index contributed by atoms with van der Waals surface area (Å²) in [5.74, 6) is -0.199. The van der Waals surface area contributed by atoms with Crippen LogP contribution in [0.25, 0.3) is 0 Å². The van der Waals surface area contributed by atoms with Crippen LogP contribution in [0.15, 0.2) is 47.1 Å².